The lowest BCUT2D eigenvalue weighted by atomic mass is 10.1. The van der Waals surface area contributed by atoms with E-state index in [0.717, 1.165) is 52.4 Å². The van der Waals surface area contributed by atoms with E-state index in [2.05, 4.69) is 27.9 Å². The number of ether oxygens (including phenoxy) is 1. The van der Waals surface area contributed by atoms with Crippen LogP contribution in [0, 0.1) is 0 Å². The maximum absolute atomic E-state index is 5.61. The molecule has 0 spiro atoms. The molecule has 4 aromatic heterocycles. The minimum absolute atomic E-state index is 0.277. The van der Waals surface area contributed by atoms with E-state index in [1.165, 1.54) is 0 Å². The van der Waals surface area contributed by atoms with Gasteiger partial charge >= 0.3 is 0 Å². The quantitative estimate of drug-likeness (QED) is 0.603. The lowest BCUT2D eigenvalue weighted by Crippen LogP contribution is -2.44. The van der Waals surface area contributed by atoms with Gasteiger partial charge in [0.1, 0.15) is 17.1 Å². The molecule has 5 rings (SSSR count). The molecule has 1 saturated heterocycles. The van der Waals surface area contributed by atoms with Crippen molar-refractivity contribution in [2.24, 2.45) is 7.05 Å². The zero-order valence-corrected chi connectivity index (χ0v) is 14.8. The van der Waals surface area contributed by atoms with Gasteiger partial charge in [-0.25, -0.2) is 15.0 Å². The van der Waals surface area contributed by atoms with Crippen LogP contribution < -0.4 is 4.90 Å². The third-order valence-electron chi connectivity index (χ3n) is 5.05. The molecule has 1 aliphatic rings. The number of hydrogen-bond donors (Lipinski definition) is 1. The molecule has 1 fully saturated rings. The topological polar surface area (TPSA) is 71.9 Å². The summed E-state index contributed by atoms with van der Waals surface area (Å²) in [5, 5.41) is 2.10. The number of aromatic nitrogens is 5. The summed E-state index contributed by atoms with van der Waals surface area (Å²) >= 11 is 0. The second-order valence-corrected chi connectivity index (χ2v) is 6.75. The Hall–Kier alpha value is -2.93. The molecule has 26 heavy (non-hydrogen) atoms. The van der Waals surface area contributed by atoms with Crippen molar-refractivity contribution in [3.63, 3.8) is 0 Å². The second-order valence-electron chi connectivity index (χ2n) is 6.75. The number of fused-ring (bicyclic) bond motifs is 2. The highest BCUT2D eigenvalue weighted by molar-refractivity contribution is 5.94. The van der Waals surface area contributed by atoms with Crippen LogP contribution in [0.3, 0.4) is 0 Å². The Labute approximate surface area is 150 Å². The number of nitrogens with one attached hydrogen (secondary N) is 1. The Morgan fingerprint density at radius 3 is 3.00 bits per heavy atom. The highest BCUT2D eigenvalue weighted by atomic mass is 16.5. The molecule has 132 valence electrons. The normalized spacial score (nSPS) is 18.1. The number of rotatable bonds is 2. The standard InChI is InChI=1S/C19H20N6O/c1-12-11-26-10-9-25(12)19-15-5-8-24(2)18(15)22-17(23-19)14-4-7-21-16-13(14)3-6-20-16/h3-8,12H,9-11H2,1-2H3,(H,20,21). The van der Waals surface area contributed by atoms with Gasteiger partial charge in [-0.15, -0.1) is 0 Å². The number of aromatic amines is 1. The molecule has 0 aliphatic carbocycles. The van der Waals surface area contributed by atoms with Crippen molar-refractivity contribution in [1.82, 2.24) is 24.5 Å². The summed E-state index contributed by atoms with van der Waals surface area (Å²) in [5.74, 6) is 1.70. The van der Waals surface area contributed by atoms with Gasteiger partial charge in [-0.3, -0.25) is 0 Å². The minimum Gasteiger partial charge on any atom is -0.377 e. The predicted octanol–water partition coefficient (Wildman–Crippen LogP) is 2.74. The van der Waals surface area contributed by atoms with Crippen LogP contribution in [-0.2, 0) is 11.8 Å². The van der Waals surface area contributed by atoms with Crippen molar-refractivity contribution in [1.29, 1.82) is 0 Å². The van der Waals surface area contributed by atoms with E-state index < -0.39 is 0 Å². The largest absolute Gasteiger partial charge is 0.377 e. The fraction of sp³-hybridized carbons (Fsp3) is 0.316. The summed E-state index contributed by atoms with van der Waals surface area (Å²) in [6.07, 6.45) is 5.73. The first-order valence-corrected chi connectivity index (χ1v) is 8.82. The van der Waals surface area contributed by atoms with Crippen LogP contribution in [-0.4, -0.2) is 50.3 Å². The molecule has 0 saturated carbocycles. The van der Waals surface area contributed by atoms with Crippen molar-refractivity contribution in [3.8, 4) is 11.4 Å². The molecule has 0 bridgehead atoms. The van der Waals surface area contributed by atoms with Gasteiger partial charge in [0.25, 0.3) is 0 Å². The van der Waals surface area contributed by atoms with E-state index in [0.29, 0.717) is 6.61 Å². The Morgan fingerprint density at radius 1 is 1.19 bits per heavy atom. The van der Waals surface area contributed by atoms with Crippen LogP contribution in [0.15, 0.2) is 36.8 Å². The van der Waals surface area contributed by atoms with E-state index in [-0.39, 0.29) is 6.04 Å². The molecular weight excluding hydrogens is 328 g/mol. The molecule has 0 aromatic carbocycles. The smallest absolute Gasteiger partial charge is 0.164 e. The Morgan fingerprint density at radius 2 is 2.12 bits per heavy atom. The van der Waals surface area contributed by atoms with E-state index >= 15 is 0 Å². The number of hydrogen-bond acceptors (Lipinski definition) is 5. The van der Waals surface area contributed by atoms with Crippen molar-refractivity contribution >= 4 is 27.9 Å². The Balaban J connectivity index is 1.76. The molecule has 0 radical (unpaired) electrons. The fourth-order valence-corrected chi connectivity index (χ4v) is 3.66. The molecule has 1 aliphatic heterocycles. The number of nitrogens with zero attached hydrogens (tertiary/aromatic N) is 5. The van der Waals surface area contributed by atoms with Crippen LogP contribution in [0.25, 0.3) is 33.5 Å². The Kier molecular flexibility index (Phi) is 3.43. The highest BCUT2D eigenvalue weighted by Gasteiger charge is 2.24. The van der Waals surface area contributed by atoms with Crippen LogP contribution in [0.2, 0.25) is 0 Å². The SMILES string of the molecule is CC1COCCN1c1nc(-c2ccnc3[nH]ccc23)nc2c1ccn2C. The molecular formula is C19H20N6O. The molecule has 1 atom stereocenters. The van der Waals surface area contributed by atoms with Crippen LogP contribution in [0.1, 0.15) is 6.92 Å². The van der Waals surface area contributed by atoms with Gasteiger partial charge < -0.3 is 19.2 Å². The first kappa shape index (κ1) is 15.3. The van der Waals surface area contributed by atoms with Crippen molar-refractivity contribution < 1.29 is 4.74 Å². The first-order chi connectivity index (χ1) is 12.7. The average Bonchev–Trinajstić information content (AvgIpc) is 3.28. The van der Waals surface area contributed by atoms with Gasteiger partial charge in [-0.05, 0) is 25.1 Å². The molecule has 5 heterocycles. The number of H-pyrrole nitrogens is 1. The summed E-state index contributed by atoms with van der Waals surface area (Å²) in [4.78, 5) is 19.7. The van der Waals surface area contributed by atoms with Crippen molar-refractivity contribution in [2.75, 3.05) is 24.7 Å². The molecule has 4 aromatic rings. The van der Waals surface area contributed by atoms with Gasteiger partial charge in [0, 0.05) is 43.1 Å². The van der Waals surface area contributed by atoms with Crippen molar-refractivity contribution in [3.05, 3.63) is 36.8 Å². The van der Waals surface area contributed by atoms with Gasteiger partial charge in [0.2, 0.25) is 0 Å². The number of aryl methyl sites for hydroxylation is 1. The van der Waals surface area contributed by atoms with Crippen LogP contribution in [0.5, 0.6) is 0 Å². The third kappa shape index (κ3) is 2.28. The van der Waals surface area contributed by atoms with Gasteiger partial charge in [0.05, 0.1) is 24.6 Å². The zero-order chi connectivity index (χ0) is 17.7. The van der Waals surface area contributed by atoms with E-state index in [1.54, 1.807) is 6.20 Å². The Bertz CT molecular complexity index is 1100. The molecule has 1 unspecified atom stereocenters. The monoisotopic (exact) mass is 348 g/mol. The average molecular weight is 348 g/mol. The number of pyridine rings is 1. The minimum atomic E-state index is 0.277. The van der Waals surface area contributed by atoms with E-state index in [4.69, 9.17) is 14.7 Å². The molecule has 0 amide bonds. The van der Waals surface area contributed by atoms with Crippen LogP contribution in [0.4, 0.5) is 5.82 Å². The highest BCUT2D eigenvalue weighted by Crippen LogP contribution is 2.32. The lowest BCUT2D eigenvalue weighted by molar-refractivity contribution is 0.0987. The molecule has 7 heteroatoms. The summed E-state index contributed by atoms with van der Waals surface area (Å²) in [7, 11) is 2.02. The summed E-state index contributed by atoms with van der Waals surface area (Å²) < 4.78 is 7.66. The fourth-order valence-electron chi connectivity index (χ4n) is 3.66. The van der Waals surface area contributed by atoms with Gasteiger partial charge in [0.15, 0.2) is 5.82 Å². The molecule has 7 nitrogen and oxygen atoms in total. The summed E-state index contributed by atoms with van der Waals surface area (Å²) in [6.45, 7) is 4.43. The third-order valence-corrected chi connectivity index (χ3v) is 5.05. The maximum Gasteiger partial charge on any atom is 0.164 e. The first-order valence-electron chi connectivity index (χ1n) is 8.82. The van der Waals surface area contributed by atoms with Crippen molar-refractivity contribution in [2.45, 2.75) is 13.0 Å². The number of morpholine rings is 1. The predicted molar refractivity (Wildman–Crippen MR) is 101 cm³/mol. The molecule has 1 N–H and O–H groups in total. The van der Waals surface area contributed by atoms with E-state index in [9.17, 15) is 0 Å². The van der Waals surface area contributed by atoms with Gasteiger partial charge in [-0.1, -0.05) is 0 Å². The van der Waals surface area contributed by atoms with E-state index in [1.807, 2.05) is 36.1 Å². The van der Waals surface area contributed by atoms with Crippen LogP contribution >= 0.6 is 0 Å². The van der Waals surface area contributed by atoms with Gasteiger partial charge in [-0.2, -0.15) is 0 Å². The summed E-state index contributed by atoms with van der Waals surface area (Å²) in [5.41, 5.74) is 2.77. The zero-order valence-electron chi connectivity index (χ0n) is 14.8. The second kappa shape index (κ2) is 5.81. The lowest BCUT2D eigenvalue weighted by Gasteiger charge is -2.34. The number of anilines is 1. The maximum atomic E-state index is 5.61. The summed E-state index contributed by atoms with van der Waals surface area (Å²) in [6, 6.07) is 6.37.